The summed E-state index contributed by atoms with van der Waals surface area (Å²) in [5.74, 6) is 1.49. The lowest BCUT2D eigenvalue weighted by Gasteiger charge is -2.10. The van der Waals surface area contributed by atoms with Crippen LogP contribution in [0.15, 0.2) is 30.6 Å². The maximum Gasteiger partial charge on any atom is 0.131 e. The van der Waals surface area contributed by atoms with Crippen molar-refractivity contribution in [3.63, 3.8) is 0 Å². The molecule has 1 aromatic carbocycles. The third-order valence-corrected chi connectivity index (χ3v) is 2.46. The average Bonchev–Trinajstić information content (AvgIpc) is 2.59. The van der Waals surface area contributed by atoms with Crippen LogP contribution in [0.5, 0.6) is 5.75 Å². The first kappa shape index (κ1) is 11.5. The number of imidazole rings is 1. The van der Waals surface area contributed by atoms with E-state index in [2.05, 4.69) is 4.98 Å². The molecule has 0 saturated heterocycles. The number of aromatic nitrogens is 2. The van der Waals surface area contributed by atoms with Crippen LogP contribution in [0.25, 0.3) is 11.3 Å². The van der Waals surface area contributed by atoms with E-state index in [0.717, 1.165) is 17.0 Å². The van der Waals surface area contributed by atoms with Crippen molar-refractivity contribution >= 4 is 5.82 Å². The van der Waals surface area contributed by atoms with Gasteiger partial charge in [0.2, 0.25) is 0 Å². The lowest BCUT2D eigenvalue weighted by atomic mass is 10.1. The Morgan fingerprint density at radius 1 is 1.35 bits per heavy atom. The van der Waals surface area contributed by atoms with E-state index in [1.807, 2.05) is 45.2 Å². The summed E-state index contributed by atoms with van der Waals surface area (Å²) in [6.45, 7) is 4.00. The van der Waals surface area contributed by atoms with Gasteiger partial charge in [0.15, 0.2) is 0 Å². The van der Waals surface area contributed by atoms with Gasteiger partial charge in [0, 0.05) is 12.6 Å². The molecular formula is C13H17N3O. The fraction of sp³-hybridized carbons (Fsp3) is 0.308. The summed E-state index contributed by atoms with van der Waals surface area (Å²) in [4.78, 5) is 4.29. The fourth-order valence-electron chi connectivity index (χ4n) is 1.65. The van der Waals surface area contributed by atoms with E-state index in [-0.39, 0.29) is 6.10 Å². The summed E-state index contributed by atoms with van der Waals surface area (Å²) in [7, 11) is 1.88. The molecule has 0 unspecified atom stereocenters. The van der Waals surface area contributed by atoms with Crippen molar-refractivity contribution in [2.24, 2.45) is 7.05 Å². The number of rotatable bonds is 3. The van der Waals surface area contributed by atoms with Gasteiger partial charge in [-0.2, -0.15) is 0 Å². The molecule has 0 atom stereocenters. The van der Waals surface area contributed by atoms with Crippen LogP contribution in [-0.4, -0.2) is 15.7 Å². The van der Waals surface area contributed by atoms with E-state index < -0.39 is 0 Å². The van der Waals surface area contributed by atoms with Crippen molar-refractivity contribution < 1.29 is 4.74 Å². The molecule has 4 heteroatoms. The molecule has 0 aliphatic carbocycles. The van der Waals surface area contributed by atoms with Gasteiger partial charge in [-0.3, -0.25) is 0 Å². The number of nitrogens with two attached hydrogens (primary N) is 1. The van der Waals surface area contributed by atoms with Crippen molar-refractivity contribution in [3.05, 3.63) is 30.6 Å². The molecule has 0 aliphatic rings. The monoisotopic (exact) mass is 231 g/mol. The number of nitrogens with zero attached hydrogens (tertiary/aromatic N) is 2. The number of ether oxygens (including phenoxy) is 1. The molecule has 0 spiro atoms. The molecule has 0 radical (unpaired) electrons. The molecule has 0 aliphatic heterocycles. The number of hydrogen-bond donors (Lipinski definition) is 1. The third kappa shape index (κ3) is 2.41. The Balaban J connectivity index is 2.36. The van der Waals surface area contributed by atoms with E-state index in [9.17, 15) is 0 Å². The van der Waals surface area contributed by atoms with Gasteiger partial charge < -0.3 is 15.0 Å². The maximum atomic E-state index is 5.95. The summed E-state index contributed by atoms with van der Waals surface area (Å²) in [6.07, 6.45) is 1.87. The highest BCUT2D eigenvalue weighted by Gasteiger charge is 2.08. The fourth-order valence-corrected chi connectivity index (χ4v) is 1.65. The molecule has 4 nitrogen and oxygen atoms in total. The van der Waals surface area contributed by atoms with Crippen LogP contribution in [0.2, 0.25) is 0 Å². The van der Waals surface area contributed by atoms with E-state index in [1.165, 1.54) is 0 Å². The van der Waals surface area contributed by atoms with Gasteiger partial charge in [-0.25, -0.2) is 4.98 Å². The van der Waals surface area contributed by atoms with Crippen LogP contribution in [0.4, 0.5) is 5.82 Å². The van der Waals surface area contributed by atoms with Gasteiger partial charge >= 0.3 is 0 Å². The van der Waals surface area contributed by atoms with E-state index in [1.54, 1.807) is 10.9 Å². The zero-order valence-corrected chi connectivity index (χ0v) is 10.3. The normalized spacial score (nSPS) is 10.8. The Hall–Kier alpha value is -1.97. The van der Waals surface area contributed by atoms with Gasteiger partial charge in [0.1, 0.15) is 17.3 Å². The van der Waals surface area contributed by atoms with Crippen LogP contribution in [0.1, 0.15) is 13.8 Å². The largest absolute Gasteiger partial charge is 0.491 e. The Bertz CT molecular complexity index is 517. The van der Waals surface area contributed by atoms with Gasteiger partial charge in [0.25, 0.3) is 0 Å². The molecule has 0 amide bonds. The average molecular weight is 231 g/mol. The van der Waals surface area contributed by atoms with Crippen LogP contribution in [0.3, 0.4) is 0 Å². The molecule has 2 aromatic rings. The minimum absolute atomic E-state index is 0.159. The molecule has 2 N–H and O–H groups in total. The maximum absolute atomic E-state index is 5.95. The van der Waals surface area contributed by atoms with E-state index >= 15 is 0 Å². The van der Waals surface area contributed by atoms with Gasteiger partial charge in [-0.1, -0.05) is 12.1 Å². The van der Waals surface area contributed by atoms with Crippen LogP contribution in [0, 0.1) is 0 Å². The molecule has 0 fully saturated rings. The summed E-state index contributed by atoms with van der Waals surface area (Å²) in [6, 6.07) is 7.81. The number of benzene rings is 1. The van der Waals surface area contributed by atoms with Gasteiger partial charge in [-0.15, -0.1) is 0 Å². The minimum atomic E-state index is 0.159. The SMILES string of the molecule is CC(C)Oc1cccc(-c2ncn(C)c2N)c1. The predicted octanol–water partition coefficient (Wildman–Crippen LogP) is 2.46. The molecule has 0 bridgehead atoms. The molecule has 1 heterocycles. The van der Waals surface area contributed by atoms with Crippen molar-refractivity contribution in [2.75, 3.05) is 5.73 Å². The quantitative estimate of drug-likeness (QED) is 0.882. The number of nitrogen functional groups attached to an aromatic ring is 1. The van der Waals surface area contributed by atoms with Crippen molar-refractivity contribution in [2.45, 2.75) is 20.0 Å². The number of aryl methyl sites for hydroxylation is 1. The van der Waals surface area contributed by atoms with E-state index in [4.69, 9.17) is 10.5 Å². The van der Waals surface area contributed by atoms with Crippen LogP contribution < -0.4 is 10.5 Å². The smallest absolute Gasteiger partial charge is 0.131 e. The first-order valence-electron chi connectivity index (χ1n) is 5.62. The highest BCUT2D eigenvalue weighted by molar-refractivity contribution is 5.71. The molecular weight excluding hydrogens is 214 g/mol. The second-order valence-electron chi connectivity index (χ2n) is 4.28. The first-order chi connectivity index (χ1) is 8.08. The molecule has 17 heavy (non-hydrogen) atoms. The van der Waals surface area contributed by atoms with E-state index in [0.29, 0.717) is 5.82 Å². The summed E-state index contributed by atoms with van der Waals surface area (Å²) >= 11 is 0. The first-order valence-corrected chi connectivity index (χ1v) is 5.62. The lowest BCUT2D eigenvalue weighted by molar-refractivity contribution is 0.242. The van der Waals surface area contributed by atoms with Crippen molar-refractivity contribution in [1.82, 2.24) is 9.55 Å². The topological polar surface area (TPSA) is 53.1 Å². The second kappa shape index (κ2) is 4.49. The highest BCUT2D eigenvalue weighted by Crippen LogP contribution is 2.27. The molecule has 90 valence electrons. The van der Waals surface area contributed by atoms with Crippen LogP contribution >= 0.6 is 0 Å². The third-order valence-electron chi connectivity index (χ3n) is 2.46. The molecule has 1 aromatic heterocycles. The lowest BCUT2D eigenvalue weighted by Crippen LogP contribution is -2.05. The highest BCUT2D eigenvalue weighted by atomic mass is 16.5. The van der Waals surface area contributed by atoms with Gasteiger partial charge in [-0.05, 0) is 26.0 Å². The summed E-state index contributed by atoms with van der Waals surface area (Å²) < 4.78 is 7.44. The molecule has 0 saturated carbocycles. The Labute approximate surface area is 101 Å². The summed E-state index contributed by atoms with van der Waals surface area (Å²) in [5, 5.41) is 0. The zero-order valence-electron chi connectivity index (χ0n) is 10.3. The Kier molecular flexibility index (Phi) is 3.04. The van der Waals surface area contributed by atoms with Crippen LogP contribution in [-0.2, 0) is 7.05 Å². The Morgan fingerprint density at radius 2 is 2.12 bits per heavy atom. The van der Waals surface area contributed by atoms with Crippen molar-refractivity contribution in [3.8, 4) is 17.0 Å². The number of hydrogen-bond acceptors (Lipinski definition) is 3. The number of anilines is 1. The summed E-state index contributed by atoms with van der Waals surface area (Å²) in [5.41, 5.74) is 7.71. The van der Waals surface area contributed by atoms with Crippen molar-refractivity contribution in [1.29, 1.82) is 0 Å². The standard InChI is InChI=1S/C13H17N3O/c1-9(2)17-11-6-4-5-10(7-11)12-13(14)16(3)8-15-12/h4-9H,14H2,1-3H3. The minimum Gasteiger partial charge on any atom is -0.491 e. The zero-order chi connectivity index (χ0) is 12.4. The van der Waals surface area contributed by atoms with Gasteiger partial charge in [0.05, 0.1) is 12.4 Å². The molecule has 2 rings (SSSR count). The Morgan fingerprint density at radius 3 is 2.71 bits per heavy atom. The second-order valence-corrected chi connectivity index (χ2v) is 4.28. The predicted molar refractivity (Wildman–Crippen MR) is 68.8 cm³/mol.